The van der Waals surface area contributed by atoms with E-state index in [2.05, 4.69) is 6.58 Å². The Bertz CT molecular complexity index is 502. The molecule has 0 amide bonds. The number of hydrogen-bond acceptors (Lipinski definition) is 4. The SMILES string of the molecule is C=C1COC(=O)[C@]12C[C@H]1CCC(=O)[C@H](C)[C@@]1(C)C2=O. The number of hydrogen-bond donors (Lipinski definition) is 0. The van der Waals surface area contributed by atoms with E-state index in [4.69, 9.17) is 4.74 Å². The molecule has 0 N–H and O–H groups in total. The molecule has 3 aliphatic rings. The maximum atomic E-state index is 12.9. The smallest absolute Gasteiger partial charge is 0.324 e. The molecular weight excluding hydrogens is 244 g/mol. The van der Waals surface area contributed by atoms with Crippen LogP contribution in [0.2, 0.25) is 0 Å². The van der Waals surface area contributed by atoms with E-state index in [9.17, 15) is 14.4 Å². The highest BCUT2D eigenvalue weighted by atomic mass is 16.5. The summed E-state index contributed by atoms with van der Waals surface area (Å²) in [6.07, 6.45) is 1.66. The van der Waals surface area contributed by atoms with Crippen LogP contribution in [0.4, 0.5) is 0 Å². The predicted octanol–water partition coefficient (Wildman–Crippen LogP) is 1.68. The van der Waals surface area contributed by atoms with Crippen molar-refractivity contribution in [2.45, 2.75) is 33.1 Å². The van der Waals surface area contributed by atoms with Crippen molar-refractivity contribution in [3.63, 3.8) is 0 Å². The Balaban J connectivity index is 2.12. The number of ketones is 2. The molecule has 0 radical (unpaired) electrons. The highest BCUT2D eigenvalue weighted by Gasteiger charge is 2.69. The number of fused-ring (bicyclic) bond motifs is 1. The second kappa shape index (κ2) is 3.56. The van der Waals surface area contributed by atoms with Crippen LogP contribution in [0.15, 0.2) is 12.2 Å². The van der Waals surface area contributed by atoms with Gasteiger partial charge in [0.05, 0.1) is 0 Å². The van der Waals surface area contributed by atoms with Crippen molar-refractivity contribution in [1.29, 1.82) is 0 Å². The zero-order chi connectivity index (χ0) is 14.0. The van der Waals surface area contributed by atoms with Crippen molar-refractivity contribution in [3.8, 4) is 0 Å². The van der Waals surface area contributed by atoms with Gasteiger partial charge in [-0.25, -0.2) is 0 Å². The average Bonchev–Trinajstić information content (AvgIpc) is 2.79. The second-order valence-electron chi connectivity index (χ2n) is 6.32. The summed E-state index contributed by atoms with van der Waals surface area (Å²) >= 11 is 0. The van der Waals surface area contributed by atoms with Crippen LogP contribution in [0.25, 0.3) is 0 Å². The van der Waals surface area contributed by atoms with Crippen LogP contribution in [-0.4, -0.2) is 24.1 Å². The maximum Gasteiger partial charge on any atom is 0.324 e. The molecular formula is C15H18O4. The van der Waals surface area contributed by atoms with Gasteiger partial charge in [0.25, 0.3) is 0 Å². The van der Waals surface area contributed by atoms with Gasteiger partial charge in [-0.2, -0.15) is 0 Å². The zero-order valence-corrected chi connectivity index (χ0v) is 11.3. The van der Waals surface area contributed by atoms with E-state index in [1.807, 2.05) is 13.8 Å². The van der Waals surface area contributed by atoms with Gasteiger partial charge in [-0.3, -0.25) is 14.4 Å². The number of cyclic esters (lactones) is 1. The first kappa shape index (κ1) is 12.6. The number of ether oxygens (including phenoxy) is 1. The van der Waals surface area contributed by atoms with Crippen LogP contribution >= 0.6 is 0 Å². The molecule has 4 nitrogen and oxygen atoms in total. The van der Waals surface area contributed by atoms with E-state index >= 15 is 0 Å². The molecule has 1 heterocycles. The van der Waals surface area contributed by atoms with Crippen LogP contribution in [0.1, 0.15) is 33.1 Å². The van der Waals surface area contributed by atoms with Gasteiger partial charge in [-0.1, -0.05) is 20.4 Å². The third kappa shape index (κ3) is 1.22. The number of Topliss-reactive ketones (excluding diaryl/α,β-unsaturated/α-hetero) is 2. The van der Waals surface area contributed by atoms with Crippen molar-refractivity contribution in [2.75, 3.05) is 6.61 Å². The molecule has 2 aliphatic carbocycles. The first-order valence-electron chi connectivity index (χ1n) is 6.78. The van der Waals surface area contributed by atoms with Gasteiger partial charge >= 0.3 is 5.97 Å². The minimum absolute atomic E-state index is 0.0788. The molecule has 1 spiro atoms. The van der Waals surface area contributed by atoms with Gasteiger partial charge in [0.2, 0.25) is 0 Å². The Morgan fingerprint density at radius 1 is 1.32 bits per heavy atom. The largest absolute Gasteiger partial charge is 0.460 e. The van der Waals surface area contributed by atoms with Crippen molar-refractivity contribution in [3.05, 3.63) is 12.2 Å². The monoisotopic (exact) mass is 262 g/mol. The second-order valence-corrected chi connectivity index (χ2v) is 6.32. The molecule has 0 aromatic carbocycles. The standard InChI is InChI=1S/C15H18O4/c1-8-7-19-13(18)15(8)6-10-4-5-11(16)9(2)14(10,3)12(15)17/h9-10H,1,4-7H2,2-3H3/t9-,10+,14+,15+/m0/s1. The normalized spacial score (nSPS) is 45.8. The molecule has 3 rings (SSSR count). The molecule has 1 saturated heterocycles. The molecule has 0 aromatic rings. The lowest BCUT2D eigenvalue weighted by molar-refractivity contribution is -0.153. The van der Waals surface area contributed by atoms with Gasteiger partial charge in [-0.15, -0.1) is 0 Å². The number of esters is 1. The minimum Gasteiger partial charge on any atom is -0.460 e. The van der Waals surface area contributed by atoms with Gasteiger partial charge < -0.3 is 4.74 Å². The predicted molar refractivity (Wildman–Crippen MR) is 67.2 cm³/mol. The highest BCUT2D eigenvalue weighted by Crippen LogP contribution is 2.61. The van der Waals surface area contributed by atoms with Gasteiger partial charge in [-0.05, 0) is 24.3 Å². The van der Waals surface area contributed by atoms with E-state index in [0.29, 0.717) is 24.8 Å². The topological polar surface area (TPSA) is 60.4 Å². The summed E-state index contributed by atoms with van der Waals surface area (Å²) in [7, 11) is 0. The van der Waals surface area contributed by atoms with E-state index in [0.717, 1.165) is 0 Å². The van der Waals surface area contributed by atoms with Crippen LogP contribution in [-0.2, 0) is 19.1 Å². The lowest BCUT2D eigenvalue weighted by Crippen LogP contribution is -2.46. The molecule has 0 bridgehead atoms. The molecule has 0 aromatic heterocycles. The summed E-state index contributed by atoms with van der Waals surface area (Å²) < 4.78 is 5.04. The minimum atomic E-state index is -1.17. The molecule has 4 heteroatoms. The summed E-state index contributed by atoms with van der Waals surface area (Å²) in [5.74, 6) is -0.716. The summed E-state index contributed by atoms with van der Waals surface area (Å²) in [6.45, 7) is 7.66. The Morgan fingerprint density at radius 2 is 2.00 bits per heavy atom. The van der Waals surface area contributed by atoms with E-state index in [1.165, 1.54) is 0 Å². The summed E-state index contributed by atoms with van der Waals surface area (Å²) in [5, 5.41) is 0. The molecule has 19 heavy (non-hydrogen) atoms. The van der Waals surface area contributed by atoms with Crippen molar-refractivity contribution in [2.24, 2.45) is 22.7 Å². The molecule has 0 unspecified atom stereocenters. The molecule has 2 saturated carbocycles. The Labute approximate surface area is 112 Å². The third-order valence-corrected chi connectivity index (χ3v) is 5.73. The Kier molecular flexibility index (Phi) is 2.35. The fraction of sp³-hybridized carbons (Fsp3) is 0.667. The lowest BCUT2D eigenvalue weighted by Gasteiger charge is -2.39. The first-order chi connectivity index (χ1) is 8.85. The molecule has 3 fully saturated rings. The highest BCUT2D eigenvalue weighted by molar-refractivity contribution is 6.14. The summed E-state index contributed by atoms with van der Waals surface area (Å²) in [5.41, 5.74) is -1.34. The van der Waals surface area contributed by atoms with Crippen LogP contribution < -0.4 is 0 Å². The van der Waals surface area contributed by atoms with Crippen LogP contribution in [0, 0.1) is 22.7 Å². The van der Waals surface area contributed by atoms with Crippen molar-refractivity contribution < 1.29 is 19.1 Å². The molecule has 4 atom stereocenters. The van der Waals surface area contributed by atoms with E-state index in [1.54, 1.807) is 0 Å². The molecule has 1 aliphatic heterocycles. The zero-order valence-electron chi connectivity index (χ0n) is 11.3. The van der Waals surface area contributed by atoms with Gasteiger partial charge in [0.1, 0.15) is 12.4 Å². The van der Waals surface area contributed by atoms with Crippen molar-refractivity contribution in [1.82, 2.24) is 0 Å². The van der Waals surface area contributed by atoms with Gasteiger partial charge in [0.15, 0.2) is 11.2 Å². The van der Waals surface area contributed by atoms with E-state index in [-0.39, 0.29) is 30.0 Å². The number of rotatable bonds is 0. The maximum absolute atomic E-state index is 12.9. The van der Waals surface area contributed by atoms with Crippen molar-refractivity contribution >= 4 is 17.5 Å². The average molecular weight is 262 g/mol. The Hall–Kier alpha value is -1.45. The quantitative estimate of drug-likeness (QED) is 0.378. The fourth-order valence-corrected chi connectivity index (χ4v) is 4.16. The van der Waals surface area contributed by atoms with Crippen LogP contribution in [0.3, 0.4) is 0 Å². The van der Waals surface area contributed by atoms with Crippen LogP contribution in [0.5, 0.6) is 0 Å². The first-order valence-corrected chi connectivity index (χ1v) is 6.78. The number of carbonyl (C=O) groups is 3. The third-order valence-electron chi connectivity index (χ3n) is 5.73. The summed E-state index contributed by atoms with van der Waals surface area (Å²) in [4.78, 5) is 37.0. The Morgan fingerprint density at radius 3 is 2.58 bits per heavy atom. The van der Waals surface area contributed by atoms with E-state index < -0.39 is 16.8 Å². The molecule has 102 valence electrons. The fourth-order valence-electron chi connectivity index (χ4n) is 4.16. The lowest BCUT2D eigenvalue weighted by atomic mass is 9.62. The number of carbonyl (C=O) groups excluding carboxylic acids is 3. The summed E-state index contributed by atoms with van der Waals surface area (Å²) in [6, 6.07) is 0. The van der Waals surface area contributed by atoms with Gasteiger partial charge in [0, 0.05) is 17.8 Å².